The van der Waals surface area contributed by atoms with Gasteiger partial charge in [0, 0.05) is 38.0 Å². The molecule has 0 radical (unpaired) electrons. The smallest absolute Gasteiger partial charge is 0.312 e. The summed E-state index contributed by atoms with van der Waals surface area (Å²) in [4.78, 5) is 14.3. The third-order valence-corrected chi connectivity index (χ3v) is 7.29. The Labute approximate surface area is 198 Å². The number of nitrogens with zero attached hydrogens (tertiary/aromatic N) is 1. The zero-order valence-electron chi connectivity index (χ0n) is 18.4. The van der Waals surface area contributed by atoms with Crippen LogP contribution in [0.2, 0.25) is 5.02 Å². The molecule has 0 bridgehead atoms. The predicted molar refractivity (Wildman–Crippen MR) is 133 cm³/mol. The maximum Gasteiger partial charge on any atom is 0.312 e. The van der Waals surface area contributed by atoms with Gasteiger partial charge in [-0.2, -0.15) is 0 Å². The summed E-state index contributed by atoms with van der Waals surface area (Å²) in [5.74, 6) is -1.13. The van der Waals surface area contributed by atoms with Gasteiger partial charge in [0.25, 0.3) is 0 Å². The second-order valence-electron chi connectivity index (χ2n) is 8.30. The van der Waals surface area contributed by atoms with Crippen LogP contribution in [0.4, 0.5) is 0 Å². The first-order valence-electron chi connectivity index (χ1n) is 10.7. The van der Waals surface area contributed by atoms with Crippen LogP contribution in [-0.4, -0.2) is 15.6 Å². The summed E-state index contributed by atoms with van der Waals surface area (Å²) in [5.41, 5.74) is 4.03. The van der Waals surface area contributed by atoms with Crippen molar-refractivity contribution in [1.29, 1.82) is 0 Å². The standard InChI is InChI=1S/C27H26ClNO2S/c1-17(2)19-13-14-24-22(15-19)26(32-21-10-5-4-6-11-21)25(18(3)27(30)31)29(24)16-20-9-7-8-12-23(20)28/h4-15,17-18H,16H2,1-3H3,(H,30,31). The lowest BCUT2D eigenvalue weighted by Gasteiger charge is -2.16. The molecule has 3 aromatic carbocycles. The number of benzene rings is 3. The summed E-state index contributed by atoms with van der Waals surface area (Å²) in [6.45, 7) is 6.62. The third kappa shape index (κ3) is 4.43. The van der Waals surface area contributed by atoms with Crippen molar-refractivity contribution in [3.8, 4) is 0 Å². The lowest BCUT2D eigenvalue weighted by atomic mass is 10.0. The normalized spacial score (nSPS) is 12.4. The van der Waals surface area contributed by atoms with Crippen LogP contribution in [0.15, 0.2) is 82.6 Å². The Morgan fingerprint density at radius 3 is 2.34 bits per heavy atom. The second-order valence-corrected chi connectivity index (χ2v) is 9.79. The molecule has 0 aliphatic heterocycles. The molecule has 0 saturated carbocycles. The fourth-order valence-electron chi connectivity index (χ4n) is 3.95. The zero-order valence-corrected chi connectivity index (χ0v) is 20.0. The van der Waals surface area contributed by atoms with Gasteiger partial charge in [-0.15, -0.1) is 0 Å². The molecule has 5 heteroatoms. The van der Waals surface area contributed by atoms with Crippen molar-refractivity contribution in [2.24, 2.45) is 0 Å². The Bertz CT molecular complexity index is 1260. The molecular weight excluding hydrogens is 438 g/mol. The largest absolute Gasteiger partial charge is 0.481 e. The highest BCUT2D eigenvalue weighted by molar-refractivity contribution is 7.99. The van der Waals surface area contributed by atoms with Crippen LogP contribution in [0.3, 0.4) is 0 Å². The van der Waals surface area contributed by atoms with Crippen LogP contribution in [0.1, 0.15) is 49.4 Å². The fourth-order valence-corrected chi connectivity index (χ4v) is 5.34. The van der Waals surface area contributed by atoms with E-state index >= 15 is 0 Å². The average Bonchev–Trinajstić information content (AvgIpc) is 3.07. The zero-order chi connectivity index (χ0) is 22.8. The molecule has 4 rings (SSSR count). The van der Waals surface area contributed by atoms with Crippen LogP contribution in [0, 0.1) is 0 Å². The Balaban J connectivity index is 2.00. The van der Waals surface area contributed by atoms with Gasteiger partial charge >= 0.3 is 5.97 Å². The van der Waals surface area contributed by atoms with Crippen molar-refractivity contribution in [1.82, 2.24) is 4.57 Å². The average molecular weight is 464 g/mol. The Hall–Kier alpha value is -2.69. The summed E-state index contributed by atoms with van der Waals surface area (Å²) in [6.07, 6.45) is 0. The molecule has 3 nitrogen and oxygen atoms in total. The van der Waals surface area contributed by atoms with E-state index in [1.54, 1.807) is 18.7 Å². The second kappa shape index (κ2) is 9.43. The topological polar surface area (TPSA) is 42.2 Å². The van der Waals surface area contributed by atoms with Crippen molar-refractivity contribution in [2.75, 3.05) is 0 Å². The number of carboxylic acids is 1. The van der Waals surface area contributed by atoms with E-state index in [0.717, 1.165) is 32.0 Å². The number of aromatic nitrogens is 1. The van der Waals surface area contributed by atoms with Crippen LogP contribution in [0.25, 0.3) is 10.9 Å². The summed E-state index contributed by atoms with van der Waals surface area (Å²) in [7, 11) is 0. The molecule has 164 valence electrons. The third-order valence-electron chi connectivity index (χ3n) is 5.78. The van der Waals surface area contributed by atoms with Gasteiger partial charge in [0.2, 0.25) is 0 Å². The molecule has 1 N–H and O–H groups in total. The van der Waals surface area contributed by atoms with Gasteiger partial charge in [0.1, 0.15) is 0 Å². The minimum atomic E-state index is -0.841. The van der Waals surface area contributed by atoms with Crippen LogP contribution in [0.5, 0.6) is 0 Å². The van der Waals surface area contributed by atoms with E-state index < -0.39 is 11.9 Å². The molecule has 1 aromatic heterocycles. The summed E-state index contributed by atoms with van der Waals surface area (Å²) >= 11 is 8.12. The van der Waals surface area contributed by atoms with E-state index in [1.807, 2.05) is 42.5 Å². The van der Waals surface area contributed by atoms with E-state index in [4.69, 9.17) is 11.6 Å². The van der Waals surface area contributed by atoms with Gasteiger partial charge in [0.05, 0.1) is 5.92 Å². The molecule has 4 aromatic rings. The molecule has 0 saturated heterocycles. The Kier molecular flexibility index (Phi) is 6.63. The Morgan fingerprint density at radius 2 is 1.69 bits per heavy atom. The van der Waals surface area contributed by atoms with E-state index in [2.05, 4.69) is 48.7 Å². The molecule has 0 amide bonds. The molecule has 1 atom stereocenters. The first-order chi connectivity index (χ1) is 15.4. The number of aliphatic carboxylic acids is 1. The number of rotatable bonds is 7. The van der Waals surface area contributed by atoms with Crippen molar-refractivity contribution < 1.29 is 9.90 Å². The Morgan fingerprint density at radius 1 is 1.00 bits per heavy atom. The molecule has 0 fully saturated rings. The van der Waals surface area contributed by atoms with Crippen LogP contribution in [-0.2, 0) is 11.3 Å². The predicted octanol–water partition coefficient (Wildman–Crippen LogP) is 7.81. The highest BCUT2D eigenvalue weighted by Gasteiger charge is 2.27. The maximum absolute atomic E-state index is 12.2. The van der Waals surface area contributed by atoms with Crippen molar-refractivity contribution in [3.05, 3.63) is 94.6 Å². The number of hydrogen-bond acceptors (Lipinski definition) is 2. The van der Waals surface area contributed by atoms with Crippen molar-refractivity contribution in [3.63, 3.8) is 0 Å². The number of fused-ring (bicyclic) bond motifs is 1. The maximum atomic E-state index is 12.2. The van der Waals surface area contributed by atoms with Crippen LogP contribution >= 0.6 is 23.4 Å². The first-order valence-corrected chi connectivity index (χ1v) is 11.9. The molecule has 32 heavy (non-hydrogen) atoms. The molecular formula is C27H26ClNO2S. The summed E-state index contributed by atoms with van der Waals surface area (Å²) in [6, 6.07) is 24.3. The number of halogens is 1. The number of hydrogen-bond donors (Lipinski definition) is 1. The SMILES string of the molecule is CC(C)c1ccc2c(c1)c(Sc1ccccc1)c(C(C)C(=O)O)n2Cc1ccccc1Cl. The van der Waals surface area contributed by atoms with Crippen molar-refractivity contribution >= 4 is 40.2 Å². The molecule has 1 unspecified atom stereocenters. The van der Waals surface area contributed by atoms with E-state index in [9.17, 15) is 9.90 Å². The molecule has 1 heterocycles. The van der Waals surface area contributed by atoms with Gasteiger partial charge in [-0.25, -0.2) is 0 Å². The van der Waals surface area contributed by atoms with E-state index in [1.165, 1.54) is 5.56 Å². The van der Waals surface area contributed by atoms with Gasteiger partial charge < -0.3 is 9.67 Å². The quantitative estimate of drug-likeness (QED) is 0.304. The summed E-state index contributed by atoms with van der Waals surface area (Å²) < 4.78 is 2.13. The first kappa shape index (κ1) is 22.5. The van der Waals surface area contributed by atoms with Gasteiger partial charge in [-0.1, -0.05) is 79.7 Å². The van der Waals surface area contributed by atoms with Gasteiger partial charge in [0.15, 0.2) is 0 Å². The highest BCUT2D eigenvalue weighted by Crippen LogP contribution is 2.43. The van der Waals surface area contributed by atoms with Gasteiger partial charge in [-0.05, 0) is 54.3 Å². The lowest BCUT2D eigenvalue weighted by Crippen LogP contribution is -2.15. The number of carboxylic acid groups (broad SMARTS) is 1. The fraction of sp³-hybridized carbons (Fsp3) is 0.222. The minimum absolute atomic E-state index is 0.376. The van der Waals surface area contributed by atoms with Gasteiger partial charge in [-0.3, -0.25) is 4.79 Å². The van der Waals surface area contributed by atoms with E-state index in [0.29, 0.717) is 17.5 Å². The van der Waals surface area contributed by atoms with E-state index in [-0.39, 0.29) is 0 Å². The molecule has 0 aliphatic carbocycles. The molecule has 0 aliphatic rings. The minimum Gasteiger partial charge on any atom is -0.481 e. The molecule has 0 spiro atoms. The summed E-state index contributed by atoms with van der Waals surface area (Å²) in [5, 5.41) is 11.8. The highest BCUT2D eigenvalue weighted by atomic mass is 35.5. The van der Waals surface area contributed by atoms with Crippen LogP contribution < -0.4 is 0 Å². The number of carbonyl (C=O) groups is 1. The van der Waals surface area contributed by atoms with Crippen molar-refractivity contribution in [2.45, 2.75) is 48.9 Å². The lowest BCUT2D eigenvalue weighted by molar-refractivity contribution is -0.138. The monoisotopic (exact) mass is 463 g/mol.